The summed E-state index contributed by atoms with van der Waals surface area (Å²) in [6, 6.07) is 8.47. The van der Waals surface area contributed by atoms with E-state index in [4.69, 9.17) is 16.0 Å². The predicted octanol–water partition coefficient (Wildman–Crippen LogP) is 2.69. The van der Waals surface area contributed by atoms with Gasteiger partial charge in [0.2, 0.25) is 5.09 Å². The monoisotopic (exact) mass is 389 g/mol. The van der Waals surface area contributed by atoms with Gasteiger partial charge in [-0.2, -0.15) is 4.31 Å². The SMILES string of the molecule is O=S(=O)(Cc1ccc(S(=O)(=O)N2CCCC2)o1)c1ccc(Cl)cc1. The molecule has 130 valence electrons. The van der Waals surface area contributed by atoms with Crippen LogP contribution in [-0.4, -0.2) is 34.2 Å². The molecule has 1 aromatic carbocycles. The number of benzene rings is 1. The Balaban J connectivity index is 1.82. The summed E-state index contributed by atoms with van der Waals surface area (Å²) in [5, 5.41) is 0.219. The lowest BCUT2D eigenvalue weighted by molar-refractivity contribution is 0.395. The molecule has 0 radical (unpaired) electrons. The fourth-order valence-corrected chi connectivity index (χ4v) is 5.36. The van der Waals surface area contributed by atoms with E-state index in [-0.39, 0.29) is 15.7 Å². The second-order valence-corrected chi connectivity index (χ2v) is 9.84. The minimum Gasteiger partial charge on any atom is -0.447 e. The standard InChI is InChI=1S/C15H16ClNO5S2/c16-12-3-6-14(7-4-12)23(18,19)11-13-5-8-15(22-13)24(20,21)17-9-1-2-10-17/h3-8H,1-2,9-11H2. The lowest BCUT2D eigenvalue weighted by Crippen LogP contribution is -2.27. The van der Waals surface area contributed by atoms with Gasteiger partial charge >= 0.3 is 0 Å². The maximum absolute atomic E-state index is 12.4. The Labute approximate surface area is 146 Å². The molecule has 0 atom stereocenters. The molecule has 2 aromatic rings. The molecule has 0 amide bonds. The van der Waals surface area contributed by atoms with Crippen LogP contribution in [-0.2, 0) is 25.6 Å². The Hall–Kier alpha value is -1.35. The molecule has 1 aliphatic heterocycles. The van der Waals surface area contributed by atoms with Crippen LogP contribution in [0.15, 0.2) is 50.8 Å². The lowest BCUT2D eigenvalue weighted by Gasteiger charge is -2.12. The van der Waals surface area contributed by atoms with Gasteiger partial charge in [0.05, 0.1) is 4.90 Å². The molecule has 0 N–H and O–H groups in total. The van der Waals surface area contributed by atoms with Crippen molar-refractivity contribution < 1.29 is 21.3 Å². The number of furan rings is 1. The first-order valence-electron chi connectivity index (χ1n) is 7.36. The minimum absolute atomic E-state index is 0.0859. The Kier molecular flexibility index (Phi) is 4.74. The predicted molar refractivity (Wildman–Crippen MR) is 89.0 cm³/mol. The summed E-state index contributed by atoms with van der Waals surface area (Å²) < 4.78 is 56.2. The van der Waals surface area contributed by atoms with Gasteiger partial charge in [-0.05, 0) is 49.2 Å². The van der Waals surface area contributed by atoms with Crippen LogP contribution < -0.4 is 0 Å². The highest BCUT2D eigenvalue weighted by molar-refractivity contribution is 7.90. The number of sulfonamides is 1. The molecular formula is C15H16ClNO5S2. The molecule has 24 heavy (non-hydrogen) atoms. The molecule has 9 heteroatoms. The molecule has 0 unspecified atom stereocenters. The van der Waals surface area contributed by atoms with E-state index in [1.165, 1.54) is 40.7 Å². The summed E-state index contributed by atoms with van der Waals surface area (Å²) in [6.07, 6.45) is 1.63. The molecule has 2 heterocycles. The van der Waals surface area contributed by atoms with E-state index < -0.39 is 25.6 Å². The molecule has 3 rings (SSSR count). The fraction of sp³-hybridized carbons (Fsp3) is 0.333. The summed E-state index contributed by atoms with van der Waals surface area (Å²) in [6.45, 7) is 0.920. The molecule has 0 aliphatic carbocycles. The first-order chi connectivity index (χ1) is 11.3. The van der Waals surface area contributed by atoms with Gasteiger partial charge in [-0.3, -0.25) is 0 Å². The van der Waals surface area contributed by atoms with E-state index >= 15 is 0 Å². The van der Waals surface area contributed by atoms with E-state index in [1.54, 1.807) is 0 Å². The van der Waals surface area contributed by atoms with Crippen molar-refractivity contribution in [3.8, 4) is 0 Å². The van der Waals surface area contributed by atoms with Crippen LogP contribution in [0.1, 0.15) is 18.6 Å². The van der Waals surface area contributed by atoms with Gasteiger partial charge in [0.1, 0.15) is 11.5 Å². The van der Waals surface area contributed by atoms with Gasteiger partial charge in [-0.25, -0.2) is 16.8 Å². The van der Waals surface area contributed by atoms with Crippen LogP contribution in [0.2, 0.25) is 5.02 Å². The highest BCUT2D eigenvalue weighted by Crippen LogP contribution is 2.25. The molecule has 1 aromatic heterocycles. The fourth-order valence-electron chi connectivity index (χ4n) is 2.54. The largest absolute Gasteiger partial charge is 0.447 e. The van der Waals surface area contributed by atoms with Crippen molar-refractivity contribution in [2.75, 3.05) is 13.1 Å². The smallest absolute Gasteiger partial charge is 0.276 e. The molecule has 0 spiro atoms. The van der Waals surface area contributed by atoms with Crippen LogP contribution in [0.3, 0.4) is 0 Å². The van der Waals surface area contributed by atoms with E-state index in [0.29, 0.717) is 18.1 Å². The van der Waals surface area contributed by atoms with E-state index in [9.17, 15) is 16.8 Å². The minimum atomic E-state index is -3.69. The van der Waals surface area contributed by atoms with Gasteiger partial charge in [0, 0.05) is 18.1 Å². The average Bonchev–Trinajstić information content (AvgIpc) is 3.19. The summed E-state index contributed by atoms with van der Waals surface area (Å²) in [7, 11) is -7.33. The quantitative estimate of drug-likeness (QED) is 0.784. The van der Waals surface area contributed by atoms with E-state index in [1.807, 2.05) is 0 Å². The van der Waals surface area contributed by atoms with Gasteiger partial charge in [-0.1, -0.05) is 11.6 Å². The number of halogens is 1. The average molecular weight is 390 g/mol. The Morgan fingerprint density at radius 2 is 1.58 bits per heavy atom. The van der Waals surface area contributed by atoms with Crippen molar-refractivity contribution in [3.05, 3.63) is 47.2 Å². The maximum Gasteiger partial charge on any atom is 0.276 e. The van der Waals surface area contributed by atoms with Crippen molar-refractivity contribution in [1.29, 1.82) is 0 Å². The summed E-state index contributed by atoms with van der Waals surface area (Å²) in [5.41, 5.74) is 0. The molecule has 1 fully saturated rings. The molecule has 1 aliphatic rings. The molecule has 1 saturated heterocycles. The van der Waals surface area contributed by atoms with Crippen LogP contribution in [0.5, 0.6) is 0 Å². The van der Waals surface area contributed by atoms with E-state index in [0.717, 1.165) is 12.8 Å². The number of hydrogen-bond acceptors (Lipinski definition) is 5. The molecular weight excluding hydrogens is 374 g/mol. The third-order valence-electron chi connectivity index (χ3n) is 3.80. The number of hydrogen-bond donors (Lipinski definition) is 0. The number of nitrogens with zero attached hydrogens (tertiary/aromatic N) is 1. The molecule has 6 nitrogen and oxygen atoms in total. The summed E-state index contributed by atoms with van der Waals surface area (Å²) in [4.78, 5) is 0.104. The van der Waals surface area contributed by atoms with Gasteiger partial charge in [-0.15, -0.1) is 0 Å². The third-order valence-corrected chi connectivity index (χ3v) is 7.48. The topological polar surface area (TPSA) is 84.7 Å². The van der Waals surface area contributed by atoms with Crippen LogP contribution in [0.4, 0.5) is 0 Å². The van der Waals surface area contributed by atoms with Crippen LogP contribution in [0.25, 0.3) is 0 Å². The summed E-state index contributed by atoms with van der Waals surface area (Å²) in [5.74, 6) is -0.327. The zero-order chi connectivity index (χ0) is 17.4. The van der Waals surface area contributed by atoms with Gasteiger partial charge in [0.15, 0.2) is 9.84 Å². The summed E-state index contributed by atoms with van der Waals surface area (Å²) >= 11 is 5.75. The molecule has 0 bridgehead atoms. The van der Waals surface area contributed by atoms with Crippen molar-refractivity contribution in [2.45, 2.75) is 28.6 Å². The lowest BCUT2D eigenvalue weighted by atomic mass is 10.4. The Morgan fingerprint density at radius 1 is 0.958 bits per heavy atom. The Bertz CT molecular complexity index is 926. The second kappa shape index (κ2) is 6.51. The van der Waals surface area contributed by atoms with Crippen LogP contribution >= 0.6 is 11.6 Å². The maximum atomic E-state index is 12.4. The van der Waals surface area contributed by atoms with Gasteiger partial charge in [0.25, 0.3) is 10.0 Å². The number of sulfone groups is 1. The zero-order valence-corrected chi connectivity index (χ0v) is 15.1. The highest BCUT2D eigenvalue weighted by atomic mass is 35.5. The second-order valence-electron chi connectivity index (χ2n) is 5.54. The third kappa shape index (κ3) is 3.51. The highest BCUT2D eigenvalue weighted by Gasteiger charge is 2.30. The number of rotatable bonds is 5. The Morgan fingerprint density at radius 3 is 2.21 bits per heavy atom. The van der Waals surface area contributed by atoms with Crippen molar-refractivity contribution >= 4 is 31.5 Å². The normalized spacial score (nSPS) is 16.5. The first kappa shape index (κ1) is 17.5. The van der Waals surface area contributed by atoms with Crippen LogP contribution in [0, 0.1) is 0 Å². The van der Waals surface area contributed by atoms with E-state index in [2.05, 4.69) is 0 Å². The first-order valence-corrected chi connectivity index (χ1v) is 10.8. The van der Waals surface area contributed by atoms with Crippen molar-refractivity contribution in [2.24, 2.45) is 0 Å². The zero-order valence-electron chi connectivity index (χ0n) is 12.7. The molecule has 0 saturated carbocycles. The van der Waals surface area contributed by atoms with Gasteiger partial charge < -0.3 is 4.42 Å². The van der Waals surface area contributed by atoms with Crippen molar-refractivity contribution in [3.63, 3.8) is 0 Å². The van der Waals surface area contributed by atoms with Crippen molar-refractivity contribution in [1.82, 2.24) is 4.31 Å².